The number of nitrogens with two attached hydrogens (primary N) is 2. The number of hydrogen-bond donors (Lipinski definition) is 6. The molecule has 1 aliphatic rings. The summed E-state index contributed by atoms with van der Waals surface area (Å²) in [5.74, 6) is -2.31. The number of hydrogen-bond acceptors (Lipinski definition) is 7. The van der Waals surface area contributed by atoms with E-state index in [2.05, 4.69) is 20.9 Å². The van der Waals surface area contributed by atoms with Crippen LogP contribution in [0.15, 0.2) is 107 Å². The van der Waals surface area contributed by atoms with Crippen molar-refractivity contribution in [2.45, 2.75) is 92.1 Å². The number of unbranched alkanes of at least 4 members (excludes halogenated alkanes) is 2. The van der Waals surface area contributed by atoms with Gasteiger partial charge in [0.1, 0.15) is 12.1 Å². The van der Waals surface area contributed by atoms with Crippen LogP contribution in [0.5, 0.6) is 0 Å². The van der Waals surface area contributed by atoms with Crippen molar-refractivity contribution < 1.29 is 32.3 Å². The van der Waals surface area contributed by atoms with E-state index in [1.54, 1.807) is 66.9 Å². The molecule has 0 bridgehead atoms. The molecule has 4 aromatic carbocycles. The lowest BCUT2D eigenvalue weighted by Crippen LogP contribution is -2.57. The van der Waals surface area contributed by atoms with Gasteiger partial charge in [-0.15, -0.1) is 0 Å². The van der Waals surface area contributed by atoms with Crippen LogP contribution in [0.25, 0.3) is 22.0 Å². The van der Waals surface area contributed by atoms with E-state index in [9.17, 15) is 19.2 Å². The van der Waals surface area contributed by atoms with Crippen LogP contribution < -0.4 is 27.4 Å². The Morgan fingerprint density at radius 2 is 1.57 bits per heavy atom. The molecule has 0 unspecified atom stereocenters. The molecule has 0 spiro atoms. The summed E-state index contributed by atoms with van der Waals surface area (Å²) in [5.41, 5.74) is 13.6. The molecule has 3 atom stereocenters. The molecule has 2 heterocycles. The lowest BCUT2D eigenvalue weighted by Gasteiger charge is -2.32. The number of para-hydroxylation sites is 1. The Morgan fingerprint density at radius 1 is 0.833 bits per heavy atom. The number of aromatic nitrogens is 1. The molecule has 5 aromatic rings. The number of likely N-dealkylation sites (N-methyl/N-ethyl adjacent to an activating group) is 1. The number of alkyl halides is 3. The fourth-order valence-electron chi connectivity index (χ4n) is 7.47. The van der Waals surface area contributed by atoms with Gasteiger partial charge < -0.3 is 37.3 Å². The third-order valence-electron chi connectivity index (χ3n) is 10.8. The van der Waals surface area contributed by atoms with Gasteiger partial charge >= 0.3 is 6.18 Å². The van der Waals surface area contributed by atoms with Crippen molar-refractivity contribution >= 4 is 46.3 Å². The third-order valence-corrected chi connectivity index (χ3v) is 12.1. The average Bonchev–Trinajstić information content (AvgIpc) is 3.65. The Bertz CT molecular complexity index is 2300. The summed E-state index contributed by atoms with van der Waals surface area (Å²) in [6, 6.07) is 22.7. The van der Waals surface area contributed by atoms with Gasteiger partial charge in [-0.3, -0.25) is 19.2 Å². The Morgan fingerprint density at radius 3 is 2.32 bits per heavy atom. The minimum Gasteiger partial charge on any atom is -0.370 e. The number of primary amides is 1. The Labute approximate surface area is 351 Å². The molecule has 0 saturated heterocycles. The molecule has 60 heavy (non-hydrogen) atoms. The molecule has 0 aliphatic carbocycles. The smallest absolute Gasteiger partial charge is 0.370 e. The van der Waals surface area contributed by atoms with Crippen LogP contribution >= 0.6 is 11.8 Å². The van der Waals surface area contributed by atoms with Crippen molar-refractivity contribution in [2.24, 2.45) is 11.5 Å². The molecule has 6 rings (SSSR count). The number of rotatable bonds is 11. The Hall–Kier alpha value is -5.64. The van der Waals surface area contributed by atoms with E-state index < -0.39 is 53.5 Å². The number of aromatic amines is 1. The molecular weight excluding hydrogens is 792 g/mol. The highest BCUT2D eigenvalue weighted by atomic mass is 32.2. The molecule has 0 fully saturated rings. The normalized spacial score (nSPS) is 18.3. The number of nitrogens with one attached hydrogen (secondary N) is 4. The van der Waals surface area contributed by atoms with Crippen LogP contribution in [0.1, 0.15) is 60.8 Å². The Kier molecular flexibility index (Phi) is 14.7. The number of carbonyl (C=O) groups is 4. The lowest BCUT2D eigenvalue weighted by atomic mass is 9.98. The summed E-state index contributed by atoms with van der Waals surface area (Å²) in [4.78, 5) is 60.2. The molecule has 4 amide bonds. The van der Waals surface area contributed by atoms with Crippen LogP contribution in [0, 0.1) is 0 Å². The van der Waals surface area contributed by atoms with Gasteiger partial charge in [-0.2, -0.15) is 13.2 Å². The molecule has 316 valence electrons. The summed E-state index contributed by atoms with van der Waals surface area (Å²) < 4.78 is 45.6. The summed E-state index contributed by atoms with van der Waals surface area (Å²) in [7, 11) is 1.49. The quantitative estimate of drug-likeness (QED) is 0.0831. The van der Waals surface area contributed by atoms with Crippen molar-refractivity contribution in [2.75, 3.05) is 13.6 Å². The van der Waals surface area contributed by atoms with E-state index in [0.29, 0.717) is 47.4 Å². The predicted octanol–water partition coefficient (Wildman–Crippen LogP) is 6.43. The average molecular weight is 842 g/mol. The molecule has 8 N–H and O–H groups in total. The van der Waals surface area contributed by atoms with E-state index in [1.165, 1.54) is 11.9 Å². The molecule has 0 saturated carbocycles. The number of nitrogens with zero attached hydrogens (tertiary/aromatic N) is 1. The van der Waals surface area contributed by atoms with Gasteiger partial charge in [0.15, 0.2) is 0 Å². The first-order valence-electron chi connectivity index (χ1n) is 20.0. The largest absolute Gasteiger partial charge is 0.417 e. The monoisotopic (exact) mass is 841 g/mol. The number of H-pyrrole nitrogens is 1. The topological polar surface area (TPSA) is 175 Å². The van der Waals surface area contributed by atoms with E-state index in [4.69, 9.17) is 11.5 Å². The van der Waals surface area contributed by atoms with E-state index in [-0.39, 0.29) is 49.2 Å². The number of halogens is 3. The van der Waals surface area contributed by atoms with Crippen molar-refractivity contribution in [1.82, 2.24) is 25.8 Å². The highest BCUT2D eigenvalue weighted by Crippen LogP contribution is 2.44. The van der Waals surface area contributed by atoms with E-state index in [0.717, 1.165) is 34.3 Å². The van der Waals surface area contributed by atoms with Crippen LogP contribution in [0.2, 0.25) is 0 Å². The standard InChI is InChI=1S/C45H50F3N7O4S/c1-55-38(24-31-26-51-35-16-9-8-15-33(31)35)43(58)53-27-32-22-30(28-12-4-2-5-13-28)23-34(45(46,47)48)41(32)60-39-18-10-7-14-29(39)25-52-36(19-20-40(50)56)42(57)54-37(44(55)59)17-6-3-11-21-49/h2,4-5,7-10,12-16,18,22-23,26,36-38,51-52H,3,6,11,17,19-21,24-25,27,49H2,1H3,(H2,50,56)(H,53,58)(H,54,57)/t36-,37-,38-/m0/s1. The maximum atomic E-state index is 15.2. The lowest BCUT2D eigenvalue weighted by molar-refractivity contribution is -0.142. The maximum absolute atomic E-state index is 15.2. The number of fused-ring (bicyclic) bond motifs is 3. The zero-order valence-corrected chi connectivity index (χ0v) is 34.1. The van der Waals surface area contributed by atoms with Crippen molar-refractivity contribution in [3.05, 3.63) is 119 Å². The highest BCUT2D eigenvalue weighted by molar-refractivity contribution is 7.99. The van der Waals surface area contributed by atoms with Gasteiger partial charge in [-0.25, -0.2) is 0 Å². The minimum atomic E-state index is -4.78. The fourth-order valence-corrected chi connectivity index (χ4v) is 8.65. The van der Waals surface area contributed by atoms with E-state index in [1.807, 2.05) is 24.3 Å². The SMILES string of the molecule is CN1C(=O)[C@H](CCCCCN)NC(=O)[C@H](CCC(N)=O)NCc2ccccc2Sc2c(cc(-c3ccccc3)cc2C(F)(F)F)CNC(=O)[C@@H]1Cc1c[nH]c2ccccc12. The van der Waals surface area contributed by atoms with Gasteiger partial charge in [0.2, 0.25) is 23.6 Å². The summed E-state index contributed by atoms with van der Waals surface area (Å²) in [6.45, 7) is 0.209. The summed E-state index contributed by atoms with van der Waals surface area (Å²) >= 11 is 0.916. The van der Waals surface area contributed by atoms with Crippen LogP contribution in [0.4, 0.5) is 13.2 Å². The number of benzene rings is 4. The van der Waals surface area contributed by atoms with Crippen molar-refractivity contribution in [3.8, 4) is 11.1 Å². The second kappa shape index (κ2) is 20.1. The second-order valence-electron chi connectivity index (χ2n) is 15.0. The fraction of sp³-hybridized carbons (Fsp3) is 0.333. The molecule has 15 heteroatoms. The molecule has 11 nitrogen and oxygen atoms in total. The third kappa shape index (κ3) is 10.9. The summed E-state index contributed by atoms with van der Waals surface area (Å²) in [5, 5.41) is 9.85. The predicted molar refractivity (Wildman–Crippen MR) is 226 cm³/mol. The van der Waals surface area contributed by atoms with E-state index >= 15 is 13.2 Å². The number of carbonyl (C=O) groups excluding carboxylic acids is 4. The van der Waals surface area contributed by atoms with Crippen molar-refractivity contribution in [1.29, 1.82) is 0 Å². The van der Waals surface area contributed by atoms with Gasteiger partial charge in [-0.1, -0.05) is 91.3 Å². The first-order chi connectivity index (χ1) is 28.8. The molecule has 0 radical (unpaired) electrons. The molecule has 1 aliphatic heterocycles. The maximum Gasteiger partial charge on any atom is 0.417 e. The zero-order chi connectivity index (χ0) is 42.8. The van der Waals surface area contributed by atoms with Crippen LogP contribution in [-0.2, 0) is 44.9 Å². The first-order valence-corrected chi connectivity index (χ1v) is 20.8. The summed E-state index contributed by atoms with van der Waals surface area (Å²) in [6.07, 6.45) is -0.904. The first kappa shape index (κ1) is 43.9. The second-order valence-corrected chi connectivity index (χ2v) is 16.0. The van der Waals surface area contributed by atoms with Crippen LogP contribution in [-0.4, -0.2) is 65.2 Å². The highest BCUT2D eigenvalue weighted by Gasteiger charge is 2.37. The number of amides is 4. The molecule has 1 aromatic heterocycles. The van der Waals surface area contributed by atoms with Gasteiger partial charge in [0.25, 0.3) is 0 Å². The van der Waals surface area contributed by atoms with Crippen LogP contribution in [0.3, 0.4) is 0 Å². The zero-order valence-electron chi connectivity index (χ0n) is 33.3. The van der Waals surface area contributed by atoms with Crippen molar-refractivity contribution in [3.63, 3.8) is 0 Å². The molecular formula is C45H50F3N7O4S. The van der Waals surface area contributed by atoms with Gasteiger partial charge in [-0.05, 0) is 77.9 Å². The minimum absolute atomic E-state index is 0.00465. The van der Waals surface area contributed by atoms with Gasteiger partial charge in [0.05, 0.1) is 11.6 Å². The Balaban J connectivity index is 1.49. The van der Waals surface area contributed by atoms with Gasteiger partial charge in [0, 0.05) is 59.9 Å².